The third kappa shape index (κ3) is 8.77. The molecule has 0 radical (unpaired) electrons. The van der Waals surface area contributed by atoms with Crippen LogP contribution in [-0.4, -0.2) is 51.8 Å². The van der Waals surface area contributed by atoms with Crippen LogP contribution >= 0.6 is 0 Å². The van der Waals surface area contributed by atoms with E-state index in [0.717, 1.165) is 11.3 Å². The van der Waals surface area contributed by atoms with Crippen LogP contribution in [0.4, 0.5) is 0 Å². The van der Waals surface area contributed by atoms with E-state index in [2.05, 4.69) is 41.7 Å². The van der Waals surface area contributed by atoms with Gasteiger partial charge in [-0.3, -0.25) is 4.79 Å². The van der Waals surface area contributed by atoms with Gasteiger partial charge >= 0.3 is 0 Å². The van der Waals surface area contributed by atoms with E-state index < -0.39 is 0 Å². The standard InChI is InChI=1S/C20H34N4O3/c1-7-21-19(23-13-17(27-6)20(2,3)4)24-14-18(25)22-12-15-8-10-16(26-5)11-9-15/h8-11,17H,7,12-14H2,1-6H3,(H,22,25)(H2,21,23,24). The van der Waals surface area contributed by atoms with E-state index in [1.807, 2.05) is 31.2 Å². The highest BCUT2D eigenvalue weighted by Crippen LogP contribution is 2.20. The largest absolute Gasteiger partial charge is 0.497 e. The average molecular weight is 379 g/mol. The molecular formula is C20H34N4O3. The monoisotopic (exact) mass is 378 g/mol. The van der Waals surface area contributed by atoms with Gasteiger partial charge < -0.3 is 25.4 Å². The Morgan fingerprint density at radius 1 is 1.11 bits per heavy atom. The molecule has 1 aromatic carbocycles. The molecule has 7 heteroatoms. The van der Waals surface area contributed by atoms with Crippen molar-refractivity contribution in [1.29, 1.82) is 0 Å². The van der Waals surface area contributed by atoms with E-state index >= 15 is 0 Å². The Kier molecular flexibility index (Phi) is 9.64. The molecule has 0 heterocycles. The number of hydrogen-bond acceptors (Lipinski definition) is 4. The maximum absolute atomic E-state index is 12.1. The lowest BCUT2D eigenvalue weighted by molar-refractivity contribution is -0.119. The first-order valence-corrected chi connectivity index (χ1v) is 9.24. The minimum atomic E-state index is -0.137. The number of methoxy groups -OCH3 is 2. The molecule has 1 amide bonds. The molecule has 1 rings (SSSR count). The van der Waals surface area contributed by atoms with Crippen LogP contribution in [0, 0.1) is 5.41 Å². The number of nitrogens with one attached hydrogen (secondary N) is 3. The summed E-state index contributed by atoms with van der Waals surface area (Å²) in [7, 11) is 3.33. The molecule has 0 aliphatic heterocycles. The summed E-state index contributed by atoms with van der Waals surface area (Å²) in [5, 5.41) is 9.25. The van der Waals surface area contributed by atoms with Crippen molar-refractivity contribution in [3.05, 3.63) is 29.8 Å². The zero-order valence-corrected chi connectivity index (χ0v) is 17.4. The first-order valence-electron chi connectivity index (χ1n) is 9.24. The number of guanidine groups is 1. The highest BCUT2D eigenvalue weighted by Gasteiger charge is 2.24. The molecule has 0 aliphatic rings. The fraction of sp³-hybridized carbons (Fsp3) is 0.600. The van der Waals surface area contributed by atoms with Gasteiger partial charge in [0, 0.05) is 26.7 Å². The summed E-state index contributed by atoms with van der Waals surface area (Å²) in [5.41, 5.74) is 1.01. The number of rotatable bonds is 9. The molecule has 3 N–H and O–H groups in total. The first kappa shape index (κ1) is 22.8. The smallest absolute Gasteiger partial charge is 0.242 e. The van der Waals surface area contributed by atoms with E-state index in [-0.39, 0.29) is 24.0 Å². The summed E-state index contributed by atoms with van der Waals surface area (Å²) in [4.78, 5) is 16.4. The van der Waals surface area contributed by atoms with Gasteiger partial charge in [-0.05, 0) is 30.0 Å². The van der Waals surface area contributed by atoms with Crippen LogP contribution in [0.1, 0.15) is 33.3 Å². The van der Waals surface area contributed by atoms with Crippen LogP contribution in [0.2, 0.25) is 0 Å². The molecule has 1 unspecified atom stereocenters. The average Bonchev–Trinajstić information content (AvgIpc) is 2.64. The summed E-state index contributed by atoms with van der Waals surface area (Å²) in [5.74, 6) is 1.26. The highest BCUT2D eigenvalue weighted by molar-refractivity contribution is 5.84. The third-order valence-corrected chi connectivity index (χ3v) is 4.08. The van der Waals surface area contributed by atoms with Crippen LogP contribution in [0.15, 0.2) is 29.3 Å². The van der Waals surface area contributed by atoms with Crippen LogP contribution < -0.4 is 20.7 Å². The molecule has 7 nitrogen and oxygen atoms in total. The molecule has 1 atom stereocenters. The summed E-state index contributed by atoms with van der Waals surface area (Å²) in [6, 6.07) is 7.58. The summed E-state index contributed by atoms with van der Waals surface area (Å²) in [6.07, 6.45) is 0.0326. The second kappa shape index (κ2) is 11.4. The Balaban J connectivity index is 2.51. The van der Waals surface area contributed by atoms with Crippen molar-refractivity contribution in [2.45, 2.75) is 40.3 Å². The Morgan fingerprint density at radius 3 is 2.30 bits per heavy atom. The van der Waals surface area contributed by atoms with E-state index in [0.29, 0.717) is 25.6 Å². The van der Waals surface area contributed by atoms with Crippen LogP contribution in [0.3, 0.4) is 0 Å². The van der Waals surface area contributed by atoms with Crippen molar-refractivity contribution in [2.24, 2.45) is 10.4 Å². The molecule has 0 aliphatic carbocycles. The number of carbonyl (C=O) groups is 1. The summed E-state index contributed by atoms with van der Waals surface area (Å²) >= 11 is 0. The zero-order valence-electron chi connectivity index (χ0n) is 17.4. The van der Waals surface area contributed by atoms with Gasteiger partial charge in [0.2, 0.25) is 5.91 Å². The van der Waals surface area contributed by atoms with Crippen molar-refractivity contribution >= 4 is 11.9 Å². The summed E-state index contributed by atoms with van der Waals surface area (Å²) in [6.45, 7) is 10.2. The molecule has 0 aromatic heterocycles. The molecule has 0 saturated heterocycles. The van der Waals surface area contributed by atoms with Crippen molar-refractivity contribution in [2.75, 3.05) is 33.9 Å². The van der Waals surface area contributed by atoms with Gasteiger partial charge in [-0.15, -0.1) is 0 Å². The van der Waals surface area contributed by atoms with E-state index in [9.17, 15) is 4.79 Å². The van der Waals surface area contributed by atoms with Gasteiger partial charge in [0.15, 0.2) is 5.96 Å². The van der Waals surface area contributed by atoms with Crippen LogP contribution in [0.25, 0.3) is 0 Å². The molecule has 0 bridgehead atoms. The lowest BCUT2D eigenvalue weighted by Crippen LogP contribution is -2.45. The normalized spacial score (nSPS) is 13.0. The number of amides is 1. The number of carbonyl (C=O) groups excluding carboxylic acids is 1. The molecule has 152 valence electrons. The van der Waals surface area contributed by atoms with Crippen molar-refractivity contribution in [3.63, 3.8) is 0 Å². The minimum absolute atomic E-state index is 0.00874. The molecule has 1 aromatic rings. The number of benzene rings is 1. The fourth-order valence-corrected chi connectivity index (χ4v) is 2.42. The third-order valence-electron chi connectivity index (χ3n) is 4.08. The second-order valence-corrected chi connectivity index (χ2v) is 7.29. The van der Waals surface area contributed by atoms with Crippen LogP contribution in [-0.2, 0) is 16.1 Å². The van der Waals surface area contributed by atoms with Gasteiger partial charge in [0.25, 0.3) is 0 Å². The van der Waals surface area contributed by atoms with Crippen LogP contribution in [0.5, 0.6) is 5.75 Å². The van der Waals surface area contributed by atoms with E-state index in [1.165, 1.54) is 0 Å². The van der Waals surface area contributed by atoms with E-state index in [1.54, 1.807) is 14.2 Å². The highest BCUT2D eigenvalue weighted by atomic mass is 16.5. The van der Waals surface area contributed by atoms with Gasteiger partial charge in [-0.1, -0.05) is 32.9 Å². The number of ether oxygens (including phenoxy) is 2. The second-order valence-electron chi connectivity index (χ2n) is 7.29. The van der Waals surface area contributed by atoms with Gasteiger partial charge in [-0.2, -0.15) is 0 Å². The maximum Gasteiger partial charge on any atom is 0.242 e. The van der Waals surface area contributed by atoms with Gasteiger partial charge in [-0.25, -0.2) is 4.99 Å². The molecule has 0 saturated carbocycles. The Labute approximate surface area is 162 Å². The zero-order chi connectivity index (χ0) is 20.3. The van der Waals surface area contributed by atoms with Gasteiger partial charge in [0.1, 0.15) is 12.3 Å². The number of aliphatic imine (C=N–C) groups is 1. The Morgan fingerprint density at radius 2 is 1.78 bits per heavy atom. The topological polar surface area (TPSA) is 84.0 Å². The minimum Gasteiger partial charge on any atom is -0.497 e. The van der Waals surface area contributed by atoms with Gasteiger partial charge in [0.05, 0.1) is 13.2 Å². The molecule has 27 heavy (non-hydrogen) atoms. The molecule has 0 fully saturated rings. The Hall–Kier alpha value is -2.28. The predicted molar refractivity (Wildman–Crippen MR) is 109 cm³/mol. The quantitative estimate of drug-likeness (QED) is 0.452. The molecule has 0 spiro atoms. The fourth-order valence-electron chi connectivity index (χ4n) is 2.42. The Bertz CT molecular complexity index is 594. The van der Waals surface area contributed by atoms with Crippen molar-refractivity contribution in [3.8, 4) is 5.75 Å². The lowest BCUT2D eigenvalue weighted by atomic mass is 9.89. The maximum atomic E-state index is 12.1. The van der Waals surface area contributed by atoms with E-state index in [4.69, 9.17) is 9.47 Å². The SMILES string of the molecule is CCNC(=NCC(=O)NCc1ccc(OC)cc1)NCC(OC)C(C)(C)C. The molecular weight excluding hydrogens is 344 g/mol. The number of hydrogen-bond donors (Lipinski definition) is 3. The first-order chi connectivity index (χ1) is 12.8. The number of nitrogens with zero attached hydrogens (tertiary/aromatic N) is 1. The lowest BCUT2D eigenvalue weighted by Gasteiger charge is -2.30. The van der Waals surface area contributed by atoms with Crippen molar-refractivity contribution < 1.29 is 14.3 Å². The van der Waals surface area contributed by atoms with Crippen molar-refractivity contribution in [1.82, 2.24) is 16.0 Å². The summed E-state index contributed by atoms with van der Waals surface area (Å²) < 4.78 is 10.7. The predicted octanol–water partition coefficient (Wildman–Crippen LogP) is 1.93.